The number of rotatable bonds is 2. The van der Waals surface area contributed by atoms with Gasteiger partial charge in [-0.1, -0.05) is 13.8 Å². The van der Waals surface area contributed by atoms with Gasteiger partial charge in [0.15, 0.2) is 0 Å². The van der Waals surface area contributed by atoms with Crippen molar-refractivity contribution in [2.75, 3.05) is 12.4 Å². The molecule has 0 saturated carbocycles. The molecule has 3 nitrogen and oxygen atoms in total. The molecule has 1 rings (SSSR count). The highest BCUT2D eigenvalue weighted by Crippen LogP contribution is 2.22. The molecule has 1 aromatic rings. The largest absolute Gasteiger partial charge is 0.386 e. The number of halogens is 1. The summed E-state index contributed by atoms with van der Waals surface area (Å²) in [6.45, 7) is 7.04. The highest BCUT2D eigenvalue weighted by molar-refractivity contribution is 5.36. The Hall–Kier alpha value is -1.16. The Morgan fingerprint density at radius 3 is 2.20 bits per heavy atom. The minimum Gasteiger partial charge on any atom is -0.386 e. The third kappa shape index (κ3) is 3.83. The number of hydrogen-bond acceptors (Lipinski definition) is 3. The van der Waals surface area contributed by atoms with Gasteiger partial charge >= 0.3 is 0 Å². The van der Waals surface area contributed by atoms with Gasteiger partial charge in [-0.15, -0.1) is 0 Å². The summed E-state index contributed by atoms with van der Waals surface area (Å²) in [7, 11) is 1.66. The van der Waals surface area contributed by atoms with Gasteiger partial charge in [0.1, 0.15) is 5.82 Å². The fraction of sp³-hybridized carbons (Fsp3) is 0.545. The first-order valence-electron chi connectivity index (χ1n) is 5.02. The molecular formula is C11H19FN2O. The minimum atomic E-state index is -1.19. The third-order valence-electron chi connectivity index (χ3n) is 1.76. The van der Waals surface area contributed by atoms with Crippen LogP contribution in [-0.4, -0.2) is 17.1 Å². The van der Waals surface area contributed by atoms with E-state index in [9.17, 15) is 9.50 Å². The van der Waals surface area contributed by atoms with Gasteiger partial charge < -0.3 is 10.4 Å². The lowest BCUT2D eigenvalue weighted by atomic mass is 10.0. The Morgan fingerprint density at radius 2 is 1.87 bits per heavy atom. The van der Waals surface area contributed by atoms with Crippen molar-refractivity contribution >= 4 is 5.82 Å². The molecule has 0 fully saturated rings. The molecule has 1 heterocycles. The molecule has 0 aliphatic carbocycles. The van der Waals surface area contributed by atoms with Gasteiger partial charge in [0.25, 0.3) is 0 Å². The molecule has 0 amide bonds. The van der Waals surface area contributed by atoms with Crippen LogP contribution in [0.5, 0.6) is 0 Å². The van der Waals surface area contributed by atoms with Crippen molar-refractivity contribution in [1.82, 2.24) is 4.98 Å². The third-order valence-corrected chi connectivity index (χ3v) is 1.76. The molecule has 0 radical (unpaired) electrons. The quantitative estimate of drug-likeness (QED) is 0.743. The maximum Gasteiger partial charge on any atom is 0.220 e. The van der Waals surface area contributed by atoms with Crippen LogP contribution in [0.25, 0.3) is 0 Å². The second kappa shape index (κ2) is 5.66. The number of nitrogens with zero attached hydrogens (tertiary/aromatic N) is 1. The molecule has 4 heteroatoms. The van der Waals surface area contributed by atoms with Crippen molar-refractivity contribution in [3.63, 3.8) is 0 Å². The Bertz CT molecular complexity index is 308. The average Bonchev–Trinajstić information content (AvgIpc) is 2.18. The molecule has 0 bridgehead atoms. The number of aliphatic hydroxyl groups is 1. The van der Waals surface area contributed by atoms with E-state index in [-0.39, 0.29) is 5.56 Å². The van der Waals surface area contributed by atoms with E-state index < -0.39 is 11.5 Å². The summed E-state index contributed by atoms with van der Waals surface area (Å²) < 4.78 is 13.2. The van der Waals surface area contributed by atoms with Crippen LogP contribution in [-0.2, 0) is 5.60 Å². The second-order valence-corrected chi connectivity index (χ2v) is 3.34. The van der Waals surface area contributed by atoms with Crippen molar-refractivity contribution in [2.45, 2.75) is 33.3 Å². The lowest BCUT2D eigenvalue weighted by molar-refractivity contribution is 0.0737. The smallest absolute Gasteiger partial charge is 0.220 e. The highest BCUT2D eigenvalue weighted by atomic mass is 19.1. The standard InChI is InChI=1S/C9H13FN2O.C2H6/c1-9(2,13)6-4-5-7(11-3)12-8(6)10;1-2/h4-5,13H,1-3H3,(H,11,12);1-2H3. The maximum absolute atomic E-state index is 13.2. The topological polar surface area (TPSA) is 45.1 Å². The van der Waals surface area contributed by atoms with E-state index in [1.165, 1.54) is 19.9 Å². The fourth-order valence-corrected chi connectivity index (χ4v) is 1.03. The summed E-state index contributed by atoms with van der Waals surface area (Å²) in [6.07, 6.45) is 0. The zero-order valence-corrected chi connectivity index (χ0v) is 9.93. The Kier molecular flexibility index (Phi) is 5.22. The average molecular weight is 214 g/mol. The van der Waals surface area contributed by atoms with E-state index >= 15 is 0 Å². The van der Waals surface area contributed by atoms with E-state index in [0.717, 1.165) is 0 Å². The van der Waals surface area contributed by atoms with Gasteiger partial charge in [-0.2, -0.15) is 4.39 Å². The van der Waals surface area contributed by atoms with Crippen molar-refractivity contribution in [3.05, 3.63) is 23.6 Å². The van der Waals surface area contributed by atoms with E-state index in [2.05, 4.69) is 10.3 Å². The maximum atomic E-state index is 13.2. The van der Waals surface area contributed by atoms with Crippen LogP contribution in [0, 0.1) is 5.95 Å². The van der Waals surface area contributed by atoms with Gasteiger partial charge in [0.2, 0.25) is 5.95 Å². The zero-order chi connectivity index (χ0) is 12.1. The molecular weight excluding hydrogens is 195 g/mol. The van der Waals surface area contributed by atoms with E-state index in [1.807, 2.05) is 13.8 Å². The summed E-state index contributed by atoms with van der Waals surface area (Å²) in [4.78, 5) is 3.62. The molecule has 0 atom stereocenters. The monoisotopic (exact) mass is 214 g/mol. The van der Waals surface area contributed by atoms with Gasteiger partial charge in [-0.3, -0.25) is 0 Å². The van der Waals surface area contributed by atoms with E-state index in [4.69, 9.17) is 0 Å². The summed E-state index contributed by atoms with van der Waals surface area (Å²) in [6, 6.07) is 3.14. The number of anilines is 1. The fourth-order valence-electron chi connectivity index (χ4n) is 1.03. The molecule has 0 aromatic carbocycles. The number of nitrogens with one attached hydrogen (secondary N) is 1. The molecule has 0 aliphatic rings. The second-order valence-electron chi connectivity index (χ2n) is 3.34. The van der Waals surface area contributed by atoms with Crippen LogP contribution >= 0.6 is 0 Å². The lowest BCUT2D eigenvalue weighted by Crippen LogP contribution is -2.18. The molecule has 0 unspecified atom stereocenters. The Labute approximate surface area is 90.4 Å². The van der Waals surface area contributed by atoms with Crippen molar-refractivity contribution in [3.8, 4) is 0 Å². The van der Waals surface area contributed by atoms with Crippen molar-refractivity contribution in [2.24, 2.45) is 0 Å². The first-order valence-corrected chi connectivity index (χ1v) is 5.02. The zero-order valence-electron chi connectivity index (χ0n) is 9.93. The van der Waals surface area contributed by atoms with Gasteiger partial charge in [-0.25, -0.2) is 4.98 Å². The molecule has 0 aliphatic heterocycles. The number of hydrogen-bond donors (Lipinski definition) is 2. The normalized spacial score (nSPS) is 10.3. The van der Waals surface area contributed by atoms with Crippen LogP contribution in [0.3, 0.4) is 0 Å². The van der Waals surface area contributed by atoms with Crippen LogP contribution in [0.2, 0.25) is 0 Å². The van der Waals surface area contributed by atoms with Crippen molar-refractivity contribution in [1.29, 1.82) is 0 Å². The highest BCUT2D eigenvalue weighted by Gasteiger charge is 2.21. The van der Waals surface area contributed by atoms with E-state index in [1.54, 1.807) is 13.1 Å². The molecule has 86 valence electrons. The first kappa shape index (κ1) is 13.8. The number of pyridine rings is 1. The predicted octanol–water partition coefficient (Wildman–Crippen LogP) is 2.52. The van der Waals surface area contributed by atoms with Crippen LogP contribution < -0.4 is 5.32 Å². The number of aromatic nitrogens is 1. The Morgan fingerprint density at radius 1 is 1.33 bits per heavy atom. The Balaban J connectivity index is 0.000000921. The minimum absolute atomic E-state index is 0.200. The molecule has 1 aromatic heterocycles. The summed E-state index contributed by atoms with van der Waals surface area (Å²) >= 11 is 0. The summed E-state index contributed by atoms with van der Waals surface area (Å²) in [5, 5.41) is 12.2. The molecule has 0 saturated heterocycles. The summed E-state index contributed by atoms with van der Waals surface area (Å²) in [5.41, 5.74) is -0.991. The van der Waals surface area contributed by atoms with Crippen LogP contribution in [0.4, 0.5) is 10.2 Å². The van der Waals surface area contributed by atoms with Crippen LogP contribution in [0.15, 0.2) is 12.1 Å². The van der Waals surface area contributed by atoms with Crippen LogP contribution in [0.1, 0.15) is 33.3 Å². The molecule has 15 heavy (non-hydrogen) atoms. The molecule has 0 spiro atoms. The van der Waals surface area contributed by atoms with E-state index in [0.29, 0.717) is 5.82 Å². The van der Waals surface area contributed by atoms with Gasteiger partial charge in [0.05, 0.1) is 5.60 Å². The lowest BCUT2D eigenvalue weighted by Gasteiger charge is -2.17. The SMILES string of the molecule is CC.CNc1ccc(C(C)(C)O)c(F)n1. The predicted molar refractivity (Wildman–Crippen MR) is 60.3 cm³/mol. The van der Waals surface area contributed by atoms with Gasteiger partial charge in [0, 0.05) is 12.6 Å². The summed E-state index contributed by atoms with van der Waals surface area (Å²) in [5.74, 6) is -0.190. The molecule has 2 N–H and O–H groups in total. The first-order chi connectivity index (χ1) is 6.95. The van der Waals surface area contributed by atoms with Gasteiger partial charge in [-0.05, 0) is 26.0 Å². The van der Waals surface area contributed by atoms with Crippen molar-refractivity contribution < 1.29 is 9.50 Å².